The van der Waals surface area contributed by atoms with E-state index in [1.165, 1.54) is 4.88 Å². The second kappa shape index (κ2) is 5.51. The van der Waals surface area contributed by atoms with Gasteiger partial charge in [0.05, 0.1) is 11.3 Å². The summed E-state index contributed by atoms with van der Waals surface area (Å²) in [7, 11) is 0. The Morgan fingerprint density at radius 2 is 1.84 bits per heavy atom. The molecule has 108 valence electrons. The molecule has 1 aromatic heterocycles. The molecule has 2 N–H and O–H groups in total. The second-order valence-electron chi connectivity index (χ2n) is 6.74. The monoisotopic (exact) mass is 282 g/mol. The number of rotatable bonds is 4. The number of aryl methyl sites for hydroxylation is 2. The van der Waals surface area contributed by atoms with Gasteiger partial charge in [-0.15, -0.1) is 11.3 Å². The van der Waals surface area contributed by atoms with Crippen LogP contribution in [0.25, 0.3) is 0 Å². The Bertz CT molecular complexity index is 410. The number of aromatic nitrogens is 1. The van der Waals surface area contributed by atoms with Crippen LogP contribution in [0.15, 0.2) is 0 Å². The normalized spacial score (nSPS) is 21.5. The van der Waals surface area contributed by atoms with Crippen LogP contribution in [0, 0.1) is 19.3 Å². The summed E-state index contributed by atoms with van der Waals surface area (Å²) < 4.78 is 0. The van der Waals surface area contributed by atoms with Crippen molar-refractivity contribution in [2.24, 2.45) is 5.41 Å². The van der Waals surface area contributed by atoms with Gasteiger partial charge in [0.2, 0.25) is 0 Å². The van der Waals surface area contributed by atoms with Gasteiger partial charge in [0.1, 0.15) is 5.01 Å². The zero-order valence-corrected chi connectivity index (χ0v) is 13.4. The molecule has 1 heterocycles. The number of aliphatic hydroxyl groups is 1. The maximum absolute atomic E-state index is 10.6. The Hall–Kier alpha value is -0.450. The van der Waals surface area contributed by atoms with Gasteiger partial charge in [-0.1, -0.05) is 13.8 Å². The van der Waals surface area contributed by atoms with Crippen LogP contribution < -0.4 is 5.32 Å². The van der Waals surface area contributed by atoms with Gasteiger partial charge in [-0.3, -0.25) is 0 Å². The van der Waals surface area contributed by atoms with Crippen molar-refractivity contribution in [2.45, 2.75) is 65.5 Å². The fourth-order valence-electron chi connectivity index (χ4n) is 2.59. The van der Waals surface area contributed by atoms with Gasteiger partial charge in [-0.05, 0) is 44.9 Å². The molecule has 4 heteroatoms. The van der Waals surface area contributed by atoms with E-state index in [-0.39, 0.29) is 0 Å². The number of nitrogens with zero attached hydrogens (tertiary/aromatic N) is 1. The van der Waals surface area contributed by atoms with E-state index in [4.69, 9.17) is 0 Å². The van der Waals surface area contributed by atoms with E-state index in [0.29, 0.717) is 12.0 Å². The van der Waals surface area contributed by atoms with Gasteiger partial charge in [0.25, 0.3) is 0 Å². The minimum absolute atomic E-state index is 0.399. The molecule has 0 bridgehead atoms. The third-order valence-electron chi connectivity index (χ3n) is 4.34. The highest BCUT2D eigenvalue weighted by atomic mass is 32.1. The number of hydrogen-bond donors (Lipinski definition) is 2. The van der Waals surface area contributed by atoms with Crippen LogP contribution >= 0.6 is 11.3 Å². The van der Waals surface area contributed by atoms with Crippen LogP contribution in [0.4, 0.5) is 0 Å². The summed E-state index contributed by atoms with van der Waals surface area (Å²) in [4.78, 5) is 5.80. The van der Waals surface area contributed by atoms with Crippen molar-refractivity contribution in [3.8, 4) is 0 Å². The van der Waals surface area contributed by atoms with Crippen LogP contribution in [-0.2, 0) is 6.54 Å². The predicted molar refractivity (Wildman–Crippen MR) is 80.5 cm³/mol. The second-order valence-corrected chi connectivity index (χ2v) is 8.03. The minimum atomic E-state index is -0.517. The molecular weight excluding hydrogens is 256 g/mol. The summed E-state index contributed by atoms with van der Waals surface area (Å²) in [6.45, 7) is 10.2. The highest BCUT2D eigenvalue weighted by Crippen LogP contribution is 2.39. The molecule has 0 radical (unpaired) electrons. The van der Waals surface area contributed by atoms with Gasteiger partial charge in [-0.25, -0.2) is 4.98 Å². The number of thiazole rings is 1. The van der Waals surface area contributed by atoms with Gasteiger partial charge in [0, 0.05) is 18.0 Å². The summed E-state index contributed by atoms with van der Waals surface area (Å²) in [6, 6.07) is 0. The van der Waals surface area contributed by atoms with E-state index in [9.17, 15) is 5.11 Å². The summed E-state index contributed by atoms with van der Waals surface area (Å²) in [6.07, 6.45) is 4.03. The maximum Gasteiger partial charge on any atom is 0.107 e. The molecule has 1 fully saturated rings. The van der Waals surface area contributed by atoms with Gasteiger partial charge >= 0.3 is 0 Å². The molecule has 0 atom stereocenters. The van der Waals surface area contributed by atoms with E-state index in [1.54, 1.807) is 11.3 Å². The number of hydrogen-bond acceptors (Lipinski definition) is 4. The summed E-state index contributed by atoms with van der Waals surface area (Å²) in [5.41, 5.74) is 1.01. The first kappa shape index (κ1) is 14.9. The molecule has 1 aliphatic carbocycles. The lowest BCUT2D eigenvalue weighted by Gasteiger charge is -2.40. The topological polar surface area (TPSA) is 45.2 Å². The van der Waals surface area contributed by atoms with Crippen molar-refractivity contribution in [3.63, 3.8) is 0 Å². The third kappa shape index (κ3) is 4.01. The fraction of sp³-hybridized carbons (Fsp3) is 0.800. The van der Waals surface area contributed by atoms with Crippen molar-refractivity contribution < 1.29 is 5.11 Å². The summed E-state index contributed by atoms with van der Waals surface area (Å²) in [5, 5.41) is 15.1. The van der Waals surface area contributed by atoms with E-state index in [1.807, 2.05) is 6.92 Å². The van der Waals surface area contributed by atoms with Crippen LogP contribution in [0.3, 0.4) is 0 Å². The highest BCUT2D eigenvalue weighted by Gasteiger charge is 2.36. The number of nitrogens with one attached hydrogen (secondary N) is 1. The highest BCUT2D eigenvalue weighted by molar-refractivity contribution is 7.11. The molecular formula is C15H26N2OS. The molecule has 0 spiro atoms. The lowest BCUT2D eigenvalue weighted by molar-refractivity contribution is -0.0245. The van der Waals surface area contributed by atoms with Crippen molar-refractivity contribution in [1.82, 2.24) is 10.3 Å². The van der Waals surface area contributed by atoms with Crippen LogP contribution in [0.5, 0.6) is 0 Å². The largest absolute Gasteiger partial charge is 0.389 e. The molecule has 2 rings (SSSR count). The SMILES string of the molecule is Cc1nc(CNCC2(O)CCC(C)(C)CC2)sc1C. The first-order valence-corrected chi connectivity index (χ1v) is 7.97. The van der Waals surface area contributed by atoms with Gasteiger partial charge in [0.15, 0.2) is 0 Å². The lowest BCUT2D eigenvalue weighted by Crippen LogP contribution is -2.44. The molecule has 0 aliphatic heterocycles. The maximum atomic E-state index is 10.6. The molecule has 0 saturated heterocycles. The molecule has 0 aromatic carbocycles. The van der Waals surface area contributed by atoms with Crippen molar-refractivity contribution in [1.29, 1.82) is 0 Å². The first-order valence-electron chi connectivity index (χ1n) is 7.16. The molecule has 0 unspecified atom stereocenters. The van der Waals surface area contributed by atoms with Gasteiger partial charge in [-0.2, -0.15) is 0 Å². The van der Waals surface area contributed by atoms with E-state index >= 15 is 0 Å². The Morgan fingerprint density at radius 3 is 2.37 bits per heavy atom. The molecule has 3 nitrogen and oxygen atoms in total. The molecule has 1 saturated carbocycles. The Labute approximate surface area is 120 Å². The van der Waals surface area contributed by atoms with Crippen LogP contribution in [0.1, 0.15) is 55.1 Å². The smallest absolute Gasteiger partial charge is 0.107 e. The van der Waals surface area contributed by atoms with Crippen molar-refractivity contribution >= 4 is 11.3 Å². The Morgan fingerprint density at radius 1 is 1.21 bits per heavy atom. The van der Waals surface area contributed by atoms with E-state index in [0.717, 1.165) is 42.9 Å². The average Bonchev–Trinajstić information content (AvgIpc) is 2.64. The van der Waals surface area contributed by atoms with E-state index < -0.39 is 5.60 Å². The summed E-state index contributed by atoms with van der Waals surface area (Å²) >= 11 is 1.74. The van der Waals surface area contributed by atoms with Gasteiger partial charge < -0.3 is 10.4 Å². The zero-order chi connectivity index (χ0) is 14.1. The standard InChI is InChI=1S/C15H26N2OS/c1-11-12(2)19-13(17-11)9-16-10-15(18)7-5-14(3,4)6-8-15/h16,18H,5-10H2,1-4H3. The van der Waals surface area contributed by atoms with Crippen LogP contribution in [-0.4, -0.2) is 22.2 Å². The van der Waals surface area contributed by atoms with Crippen LogP contribution in [0.2, 0.25) is 0 Å². The Kier molecular flexibility index (Phi) is 4.33. The summed E-state index contributed by atoms with van der Waals surface area (Å²) in [5.74, 6) is 0. The van der Waals surface area contributed by atoms with E-state index in [2.05, 4.69) is 31.1 Å². The molecule has 19 heavy (non-hydrogen) atoms. The van der Waals surface area contributed by atoms with Crippen molar-refractivity contribution in [2.75, 3.05) is 6.54 Å². The molecule has 0 amide bonds. The third-order valence-corrected chi connectivity index (χ3v) is 5.41. The minimum Gasteiger partial charge on any atom is -0.389 e. The zero-order valence-electron chi connectivity index (χ0n) is 12.5. The lowest BCUT2D eigenvalue weighted by atomic mass is 9.71. The Balaban J connectivity index is 1.79. The fourth-order valence-corrected chi connectivity index (χ4v) is 3.49. The quantitative estimate of drug-likeness (QED) is 0.891. The molecule has 1 aliphatic rings. The first-order chi connectivity index (χ1) is 8.80. The van der Waals surface area contributed by atoms with Crippen molar-refractivity contribution in [3.05, 3.63) is 15.6 Å². The average molecular weight is 282 g/mol. The molecule has 1 aromatic rings. The predicted octanol–water partition coefficient (Wildman–Crippen LogP) is 3.18.